The lowest BCUT2D eigenvalue weighted by Gasteiger charge is -2.49. The highest BCUT2D eigenvalue weighted by Crippen LogP contribution is 2.47. The molecule has 0 radical (unpaired) electrons. The van der Waals surface area contributed by atoms with Gasteiger partial charge in [0, 0.05) is 27.7 Å². The number of halogens is 2. The molecule has 1 aliphatic heterocycles. The normalized spacial score (nSPS) is 21.9. The second-order valence-electron chi connectivity index (χ2n) is 11.0. The van der Waals surface area contributed by atoms with Crippen LogP contribution >= 0.6 is 23.2 Å². The minimum absolute atomic E-state index is 0.0787. The van der Waals surface area contributed by atoms with Crippen LogP contribution in [0.5, 0.6) is 0 Å². The predicted molar refractivity (Wildman–Crippen MR) is 165 cm³/mol. The molecule has 2 aliphatic rings. The highest BCUT2D eigenvalue weighted by atomic mass is 35.5. The molecule has 44 heavy (non-hydrogen) atoms. The van der Waals surface area contributed by atoms with Gasteiger partial charge < -0.3 is 10.0 Å². The average Bonchev–Trinajstić information content (AvgIpc) is 2.97. The quantitative estimate of drug-likeness (QED) is 0.272. The minimum atomic E-state index is -3.61. The minimum Gasteiger partial charge on any atom is -0.478 e. The molecule has 3 aromatic rings. The van der Waals surface area contributed by atoms with Crippen molar-refractivity contribution in [1.82, 2.24) is 15.1 Å². The summed E-state index contributed by atoms with van der Waals surface area (Å²) in [6, 6.07) is 15.7. The van der Waals surface area contributed by atoms with Crippen molar-refractivity contribution in [2.24, 2.45) is 0 Å². The van der Waals surface area contributed by atoms with E-state index in [9.17, 15) is 27.9 Å². The molecular formula is C31H31Cl2N3O7S. The van der Waals surface area contributed by atoms with E-state index in [1.54, 1.807) is 53.4 Å². The Labute approximate surface area is 265 Å². The number of carboxylic acids is 1. The summed E-state index contributed by atoms with van der Waals surface area (Å²) >= 11 is 13.0. The topological polar surface area (TPSA) is 142 Å². The number of sulfonamides is 1. The first kappa shape index (κ1) is 31.9. The van der Waals surface area contributed by atoms with Crippen LogP contribution in [0, 0.1) is 0 Å². The molecule has 2 amide bonds. The number of nitrogens with zero attached hydrogens (tertiary/aromatic N) is 1. The summed E-state index contributed by atoms with van der Waals surface area (Å²) in [5.74, 6) is -3.01. The van der Waals surface area contributed by atoms with Gasteiger partial charge in [-0.3, -0.25) is 14.4 Å². The number of carboxylic acid groups (broad SMARTS) is 1. The van der Waals surface area contributed by atoms with Crippen molar-refractivity contribution < 1.29 is 32.7 Å². The van der Waals surface area contributed by atoms with E-state index in [4.69, 9.17) is 28.0 Å². The Morgan fingerprint density at radius 3 is 2.48 bits per heavy atom. The summed E-state index contributed by atoms with van der Waals surface area (Å²) in [4.78, 5) is 46.9. The number of carbonyl (C=O) groups excluding carboxylic acids is 2. The van der Waals surface area contributed by atoms with Gasteiger partial charge in [-0.25, -0.2) is 23.4 Å². The molecule has 232 valence electrons. The molecule has 0 aromatic heterocycles. The molecule has 0 bridgehead atoms. The number of benzene rings is 3. The number of hydrogen-bond donors (Lipinski definition) is 3. The van der Waals surface area contributed by atoms with Crippen LogP contribution in [0.15, 0.2) is 66.7 Å². The van der Waals surface area contributed by atoms with Crippen LogP contribution < -0.4 is 10.2 Å². The zero-order valence-corrected chi connectivity index (χ0v) is 26.0. The Morgan fingerprint density at radius 1 is 1.00 bits per heavy atom. The molecule has 13 heteroatoms. The maximum atomic E-state index is 14.3. The van der Waals surface area contributed by atoms with Crippen LogP contribution in [0.2, 0.25) is 10.0 Å². The molecule has 5 rings (SSSR count). The lowest BCUT2D eigenvalue weighted by Crippen LogP contribution is -2.59. The lowest BCUT2D eigenvalue weighted by molar-refractivity contribution is -0.138. The average molecular weight is 661 g/mol. The Morgan fingerprint density at radius 2 is 1.75 bits per heavy atom. The molecule has 1 aliphatic carbocycles. The van der Waals surface area contributed by atoms with Gasteiger partial charge in [0.1, 0.15) is 0 Å². The standard InChI is InChI=1S/C31H31Cl2N3O7S/c1-44(41,42)35-25-11-4-5-12-26(25)36-28(23-14-13-20(32)16-24(23)33)27(21-9-2-3-10-22(21)30(36)38)29(37)34-43-17-18-7-6-8-19(15-18)31(39)40/h2-3,6-10,13-16,25-28,35H,4-5,11-12,17H2,1H3,(H,34,37)(H,39,40)/t25-,26-,27-,28+/m1/s1. The third-order valence-electron chi connectivity index (χ3n) is 7.98. The van der Waals surface area contributed by atoms with Crippen molar-refractivity contribution in [1.29, 1.82) is 0 Å². The van der Waals surface area contributed by atoms with E-state index in [1.165, 1.54) is 18.2 Å². The van der Waals surface area contributed by atoms with E-state index < -0.39 is 45.9 Å². The Balaban J connectivity index is 1.56. The van der Waals surface area contributed by atoms with Crippen molar-refractivity contribution in [2.45, 2.75) is 56.3 Å². The van der Waals surface area contributed by atoms with E-state index in [0.717, 1.165) is 19.1 Å². The first-order chi connectivity index (χ1) is 20.9. The summed E-state index contributed by atoms with van der Waals surface area (Å²) in [5, 5.41) is 9.91. The van der Waals surface area contributed by atoms with E-state index >= 15 is 0 Å². The largest absolute Gasteiger partial charge is 0.478 e. The number of amides is 2. The molecule has 3 aromatic carbocycles. The van der Waals surface area contributed by atoms with Crippen molar-refractivity contribution in [2.75, 3.05) is 6.26 Å². The first-order valence-corrected chi connectivity index (χ1v) is 16.7. The van der Waals surface area contributed by atoms with Gasteiger partial charge in [0.25, 0.3) is 11.8 Å². The number of fused-ring (bicyclic) bond motifs is 1. The Kier molecular flexibility index (Phi) is 9.62. The molecule has 10 nitrogen and oxygen atoms in total. The Bertz CT molecular complexity index is 1700. The third-order valence-corrected chi connectivity index (χ3v) is 9.27. The van der Waals surface area contributed by atoms with Crippen LogP contribution in [-0.4, -0.2) is 54.5 Å². The number of hydroxylamine groups is 1. The van der Waals surface area contributed by atoms with Gasteiger partial charge in [0.05, 0.1) is 30.4 Å². The van der Waals surface area contributed by atoms with Crippen LogP contribution in [0.3, 0.4) is 0 Å². The summed E-state index contributed by atoms with van der Waals surface area (Å²) < 4.78 is 27.4. The van der Waals surface area contributed by atoms with Gasteiger partial charge in [-0.15, -0.1) is 0 Å². The first-order valence-electron chi connectivity index (χ1n) is 14.0. The molecular weight excluding hydrogens is 629 g/mol. The SMILES string of the molecule is CS(=O)(=O)N[C@@H]1CCCC[C@H]1N1C(=O)c2ccccc2[C@@H](C(=O)NOCc2cccc(C(=O)O)c2)[C@@H]1c1ccc(Cl)cc1Cl. The molecule has 4 atom stereocenters. The van der Waals surface area contributed by atoms with E-state index in [-0.39, 0.29) is 23.1 Å². The molecule has 1 heterocycles. The van der Waals surface area contributed by atoms with E-state index in [0.29, 0.717) is 40.1 Å². The lowest BCUT2D eigenvalue weighted by atomic mass is 9.76. The summed E-state index contributed by atoms with van der Waals surface area (Å²) in [5.41, 5.74) is 4.35. The fourth-order valence-corrected chi connectivity index (χ4v) is 7.52. The second-order valence-corrected chi connectivity index (χ2v) is 13.6. The van der Waals surface area contributed by atoms with Gasteiger partial charge in [-0.1, -0.05) is 72.4 Å². The number of hydrogen-bond acceptors (Lipinski definition) is 6. The van der Waals surface area contributed by atoms with Gasteiger partial charge in [0.15, 0.2) is 0 Å². The van der Waals surface area contributed by atoms with Gasteiger partial charge >= 0.3 is 5.97 Å². The number of rotatable bonds is 9. The number of aromatic carboxylic acids is 1. The van der Waals surface area contributed by atoms with Crippen molar-refractivity contribution >= 4 is 51.0 Å². The number of nitrogens with one attached hydrogen (secondary N) is 2. The smallest absolute Gasteiger partial charge is 0.335 e. The van der Waals surface area contributed by atoms with Crippen molar-refractivity contribution in [3.8, 4) is 0 Å². The zero-order valence-electron chi connectivity index (χ0n) is 23.7. The predicted octanol–water partition coefficient (Wildman–Crippen LogP) is 5.08. The summed E-state index contributed by atoms with van der Waals surface area (Å²) in [6.07, 6.45) is 3.64. The maximum Gasteiger partial charge on any atom is 0.335 e. The molecule has 3 N–H and O–H groups in total. The summed E-state index contributed by atoms with van der Waals surface area (Å²) in [7, 11) is -3.61. The molecule has 0 saturated heterocycles. The zero-order chi connectivity index (χ0) is 31.6. The molecule has 1 saturated carbocycles. The highest BCUT2D eigenvalue weighted by molar-refractivity contribution is 7.88. The van der Waals surface area contributed by atoms with Crippen LogP contribution in [-0.2, 0) is 26.3 Å². The van der Waals surface area contributed by atoms with Crippen molar-refractivity contribution in [3.05, 3.63) is 105 Å². The van der Waals surface area contributed by atoms with Gasteiger partial charge in [-0.2, -0.15) is 0 Å². The van der Waals surface area contributed by atoms with Crippen LogP contribution in [0.25, 0.3) is 0 Å². The molecule has 1 fully saturated rings. The monoisotopic (exact) mass is 659 g/mol. The van der Waals surface area contributed by atoms with Crippen molar-refractivity contribution in [3.63, 3.8) is 0 Å². The summed E-state index contributed by atoms with van der Waals surface area (Å²) in [6.45, 7) is -0.112. The van der Waals surface area contributed by atoms with Crippen LogP contribution in [0.1, 0.15) is 75.0 Å². The molecule has 0 spiro atoms. The fourth-order valence-electron chi connectivity index (χ4n) is 6.18. The van der Waals surface area contributed by atoms with Gasteiger partial charge in [-0.05, 0) is 59.9 Å². The van der Waals surface area contributed by atoms with Crippen LogP contribution in [0.4, 0.5) is 0 Å². The maximum absolute atomic E-state index is 14.3. The Hall–Kier alpha value is -3.48. The fraction of sp³-hybridized carbons (Fsp3) is 0.323. The second kappa shape index (κ2) is 13.3. The van der Waals surface area contributed by atoms with Gasteiger partial charge in [0.2, 0.25) is 10.0 Å². The molecule has 0 unspecified atom stereocenters. The number of carbonyl (C=O) groups is 3. The third kappa shape index (κ3) is 6.92. The van der Waals surface area contributed by atoms with E-state index in [2.05, 4.69) is 10.2 Å². The van der Waals surface area contributed by atoms with E-state index in [1.807, 2.05) is 0 Å². The highest BCUT2D eigenvalue weighted by Gasteiger charge is 2.49.